The fourth-order valence-corrected chi connectivity index (χ4v) is 2.06. The summed E-state index contributed by atoms with van der Waals surface area (Å²) in [5.41, 5.74) is 2.61. The first-order chi connectivity index (χ1) is 8.10. The van der Waals surface area contributed by atoms with Crippen molar-refractivity contribution in [2.75, 3.05) is 5.32 Å². The molecule has 1 heterocycles. The molecule has 0 saturated heterocycles. The third kappa shape index (κ3) is 3.58. The van der Waals surface area contributed by atoms with Gasteiger partial charge in [-0.1, -0.05) is 26.7 Å². The summed E-state index contributed by atoms with van der Waals surface area (Å²) in [5.74, 6) is 0.250. The van der Waals surface area contributed by atoms with Crippen LogP contribution in [-0.4, -0.2) is 16.1 Å². The highest BCUT2D eigenvalue weighted by molar-refractivity contribution is 5.93. The minimum Gasteiger partial charge on any atom is -0.323 e. The second-order valence-corrected chi connectivity index (χ2v) is 4.57. The van der Waals surface area contributed by atoms with Crippen LogP contribution < -0.4 is 5.32 Å². The summed E-state index contributed by atoms with van der Waals surface area (Å²) < 4.78 is 0. The number of rotatable bonds is 6. The number of nitrogens with one attached hydrogen (secondary N) is 2. The fourth-order valence-electron chi connectivity index (χ4n) is 2.06. The van der Waals surface area contributed by atoms with Crippen molar-refractivity contribution in [3.63, 3.8) is 0 Å². The molecular weight excluding hydrogens is 214 g/mol. The Morgan fingerprint density at radius 2 is 1.88 bits per heavy atom. The number of aryl methyl sites for hydroxylation is 2. The molecule has 0 aliphatic heterocycles. The second-order valence-electron chi connectivity index (χ2n) is 4.57. The van der Waals surface area contributed by atoms with E-state index in [0.717, 1.165) is 42.8 Å². The van der Waals surface area contributed by atoms with Gasteiger partial charge >= 0.3 is 0 Å². The van der Waals surface area contributed by atoms with Crippen molar-refractivity contribution in [1.29, 1.82) is 0 Å². The third-order valence-corrected chi connectivity index (χ3v) is 3.02. The van der Waals surface area contributed by atoms with E-state index in [2.05, 4.69) is 29.4 Å². The molecule has 0 aliphatic carbocycles. The largest absolute Gasteiger partial charge is 0.323 e. The van der Waals surface area contributed by atoms with Crippen molar-refractivity contribution in [3.8, 4) is 0 Å². The molecule has 1 aromatic rings. The Kier molecular flexibility index (Phi) is 5.19. The lowest BCUT2D eigenvalue weighted by molar-refractivity contribution is -0.120. The topological polar surface area (TPSA) is 57.8 Å². The smallest absolute Gasteiger partial charge is 0.227 e. The Bertz CT molecular complexity index is 345. The summed E-state index contributed by atoms with van der Waals surface area (Å²) in [6, 6.07) is 0. The van der Waals surface area contributed by atoms with Gasteiger partial charge in [-0.05, 0) is 26.7 Å². The molecule has 1 amide bonds. The average molecular weight is 237 g/mol. The van der Waals surface area contributed by atoms with Gasteiger partial charge in [-0.15, -0.1) is 0 Å². The molecule has 0 fully saturated rings. The molecule has 2 N–H and O–H groups in total. The van der Waals surface area contributed by atoms with Gasteiger partial charge in [0.1, 0.15) is 0 Å². The Labute approximate surface area is 103 Å². The first kappa shape index (κ1) is 13.7. The number of nitrogens with zero attached hydrogens (tertiary/aromatic N) is 1. The van der Waals surface area contributed by atoms with Crippen LogP contribution in [0.4, 0.5) is 5.69 Å². The zero-order valence-corrected chi connectivity index (χ0v) is 11.3. The Balaban J connectivity index is 2.69. The van der Waals surface area contributed by atoms with Gasteiger partial charge in [0, 0.05) is 5.92 Å². The number of amides is 1. The maximum Gasteiger partial charge on any atom is 0.227 e. The molecule has 0 saturated carbocycles. The maximum absolute atomic E-state index is 12.1. The van der Waals surface area contributed by atoms with Crippen molar-refractivity contribution in [2.45, 2.75) is 53.4 Å². The zero-order valence-electron chi connectivity index (χ0n) is 11.3. The third-order valence-electron chi connectivity index (χ3n) is 3.02. The fraction of sp³-hybridized carbons (Fsp3) is 0.692. The highest BCUT2D eigenvalue weighted by Gasteiger charge is 2.18. The second kappa shape index (κ2) is 6.42. The van der Waals surface area contributed by atoms with E-state index in [-0.39, 0.29) is 11.8 Å². The maximum atomic E-state index is 12.1. The average Bonchev–Trinajstić information content (AvgIpc) is 2.60. The predicted molar refractivity (Wildman–Crippen MR) is 70.0 cm³/mol. The number of hydrogen-bond donors (Lipinski definition) is 2. The van der Waals surface area contributed by atoms with E-state index >= 15 is 0 Å². The van der Waals surface area contributed by atoms with Gasteiger partial charge in [0.2, 0.25) is 5.91 Å². The van der Waals surface area contributed by atoms with E-state index in [9.17, 15) is 4.79 Å². The Morgan fingerprint density at radius 1 is 1.29 bits per heavy atom. The summed E-state index contributed by atoms with van der Waals surface area (Å²) in [6.07, 6.45) is 3.99. The standard InChI is InChI=1S/C13H23N3O/c1-5-7-11(8-6-2)13(17)14-12-9(3)15-16-10(12)4/h11H,5-8H2,1-4H3,(H,14,17)(H,15,16). The van der Waals surface area contributed by atoms with Gasteiger partial charge in [-0.25, -0.2) is 0 Å². The number of aromatic nitrogens is 2. The van der Waals surface area contributed by atoms with Crippen LogP contribution in [0.2, 0.25) is 0 Å². The number of carbonyl (C=O) groups is 1. The van der Waals surface area contributed by atoms with Crippen LogP contribution >= 0.6 is 0 Å². The molecule has 0 unspecified atom stereocenters. The minimum atomic E-state index is 0.124. The van der Waals surface area contributed by atoms with Gasteiger partial charge in [-0.2, -0.15) is 5.10 Å². The highest BCUT2D eigenvalue weighted by Crippen LogP contribution is 2.20. The van der Waals surface area contributed by atoms with Crippen LogP contribution in [-0.2, 0) is 4.79 Å². The zero-order chi connectivity index (χ0) is 12.8. The summed E-state index contributed by atoms with van der Waals surface area (Å²) >= 11 is 0. The molecule has 1 rings (SSSR count). The molecule has 0 spiro atoms. The molecular formula is C13H23N3O. The van der Waals surface area contributed by atoms with E-state index in [1.54, 1.807) is 0 Å². The summed E-state index contributed by atoms with van der Waals surface area (Å²) in [7, 11) is 0. The van der Waals surface area contributed by atoms with Gasteiger partial charge in [0.25, 0.3) is 0 Å². The number of hydrogen-bond acceptors (Lipinski definition) is 2. The Hall–Kier alpha value is -1.32. The predicted octanol–water partition coefficient (Wildman–Crippen LogP) is 3.18. The van der Waals surface area contributed by atoms with Gasteiger partial charge in [0.15, 0.2) is 0 Å². The van der Waals surface area contributed by atoms with Crippen LogP contribution in [0.3, 0.4) is 0 Å². The van der Waals surface area contributed by atoms with E-state index in [1.807, 2.05) is 13.8 Å². The number of anilines is 1. The lowest BCUT2D eigenvalue weighted by atomic mass is 9.97. The van der Waals surface area contributed by atoms with E-state index < -0.39 is 0 Å². The van der Waals surface area contributed by atoms with Crippen molar-refractivity contribution < 1.29 is 4.79 Å². The Morgan fingerprint density at radius 3 is 2.29 bits per heavy atom. The van der Waals surface area contributed by atoms with Crippen LogP contribution in [0.5, 0.6) is 0 Å². The molecule has 4 heteroatoms. The number of H-pyrrole nitrogens is 1. The van der Waals surface area contributed by atoms with Crippen LogP contribution in [0.25, 0.3) is 0 Å². The molecule has 0 aliphatic rings. The first-order valence-corrected chi connectivity index (χ1v) is 6.42. The summed E-state index contributed by atoms with van der Waals surface area (Å²) in [6.45, 7) is 8.05. The molecule has 0 bridgehead atoms. The molecule has 0 aromatic carbocycles. The van der Waals surface area contributed by atoms with Crippen molar-refractivity contribution >= 4 is 11.6 Å². The van der Waals surface area contributed by atoms with Crippen molar-refractivity contribution in [1.82, 2.24) is 10.2 Å². The number of carbonyl (C=O) groups excluding carboxylic acids is 1. The van der Waals surface area contributed by atoms with Crippen LogP contribution in [0.15, 0.2) is 0 Å². The van der Waals surface area contributed by atoms with Crippen LogP contribution in [0.1, 0.15) is 50.9 Å². The van der Waals surface area contributed by atoms with Gasteiger partial charge < -0.3 is 5.32 Å². The van der Waals surface area contributed by atoms with E-state index in [0.29, 0.717) is 0 Å². The van der Waals surface area contributed by atoms with E-state index in [1.165, 1.54) is 0 Å². The summed E-state index contributed by atoms with van der Waals surface area (Å²) in [5, 5.41) is 9.96. The molecule has 96 valence electrons. The molecule has 17 heavy (non-hydrogen) atoms. The highest BCUT2D eigenvalue weighted by atomic mass is 16.1. The lowest BCUT2D eigenvalue weighted by Gasteiger charge is -2.15. The van der Waals surface area contributed by atoms with Gasteiger partial charge in [-0.3, -0.25) is 9.89 Å². The van der Waals surface area contributed by atoms with Crippen molar-refractivity contribution in [2.24, 2.45) is 5.92 Å². The SMILES string of the molecule is CCCC(CCC)C(=O)Nc1c(C)n[nH]c1C. The quantitative estimate of drug-likeness (QED) is 0.798. The van der Waals surface area contributed by atoms with Gasteiger partial charge in [0.05, 0.1) is 17.1 Å². The van der Waals surface area contributed by atoms with E-state index in [4.69, 9.17) is 0 Å². The normalized spacial score (nSPS) is 10.9. The molecule has 0 radical (unpaired) electrons. The number of aromatic amines is 1. The lowest BCUT2D eigenvalue weighted by Crippen LogP contribution is -2.23. The summed E-state index contributed by atoms with van der Waals surface area (Å²) in [4.78, 5) is 12.1. The van der Waals surface area contributed by atoms with Crippen molar-refractivity contribution in [3.05, 3.63) is 11.4 Å². The minimum absolute atomic E-state index is 0.124. The monoisotopic (exact) mass is 237 g/mol. The first-order valence-electron chi connectivity index (χ1n) is 6.42. The molecule has 0 atom stereocenters. The van der Waals surface area contributed by atoms with Crippen LogP contribution in [0, 0.1) is 19.8 Å². The molecule has 1 aromatic heterocycles. The molecule has 4 nitrogen and oxygen atoms in total.